The lowest BCUT2D eigenvalue weighted by Gasteiger charge is -2.18. The summed E-state index contributed by atoms with van der Waals surface area (Å²) in [6.45, 7) is 6.34. The molecule has 0 amide bonds. The Balaban J connectivity index is 2.77. The molecule has 5 heteroatoms. The summed E-state index contributed by atoms with van der Waals surface area (Å²) in [5.74, 6) is 5.72. The first-order chi connectivity index (χ1) is 9.22. The molecule has 0 aromatic heterocycles. The molecule has 1 rings (SSSR count). The van der Waals surface area contributed by atoms with Crippen molar-refractivity contribution in [2.45, 2.75) is 27.2 Å². The molecule has 0 spiro atoms. The standard InChI is InChI=1S/C15H22N2O2S/c1-15(2,3)9-11-20(18,19)17-14-8-4-6-13(12-14)7-5-10-16/h4,6,8,12,17H,9-11,16H2,1-3H3. The monoisotopic (exact) mass is 294 g/mol. The van der Waals surface area contributed by atoms with Crippen molar-refractivity contribution in [1.82, 2.24) is 0 Å². The molecule has 0 radical (unpaired) electrons. The van der Waals surface area contributed by atoms with Gasteiger partial charge in [0.1, 0.15) is 0 Å². The van der Waals surface area contributed by atoms with Crippen LogP contribution in [0.1, 0.15) is 32.8 Å². The lowest BCUT2D eigenvalue weighted by molar-refractivity contribution is 0.397. The molecule has 0 unspecified atom stereocenters. The Morgan fingerprint density at radius 2 is 2.00 bits per heavy atom. The van der Waals surface area contributed by atoms with E-state index in [0.29, 0.717) is 12.1 Å². The molecule has 3 N–H and O–H groups in total. The van der Waals surface area contributed by atoms with Gasteiger partial charge in [-0.05, 0) is 30.0 Å². The van der Waals surface area contributed by atoms with Gasteiger partial charge in [-0.1, -0.05) is 38.7 Å². The van der Waals surface area contributed by atoms with Crippen LogP contribution in [0.2, 0.25) is 0 Å². The Bertz CT molecular complexity index is 605. The van der Waals surface area contributed by atoms with Crippen LogP contribution in [0, 0.1) is 17.3 Å². The van der Waals surface area contributed by atoms with E-state index in [2.05, 4.69) is 16.6 Å². The van der Waals surface area contributed by atoms with Crippen molar-refractivity contribution in [2.24, 2.45) is 11.1 Å². The molecular formula is C15H22N2O2S. The third-order valence-electron chi connectivity index (χ3n) is 2.59. The predicted octanol–water partition coefficient (Wildman–Crippen LogP) is 2.17. The zero-order chi connectivity index (χ0) is 15.2. The van der Waals surface area contributed by atoms with Gasteiger partial charge < -0.3 is 5.73 Å². The van der Waals surface area contributed by atoms with E-state index >= 15 is 0 Å². The first kappa shape index (κ1) is 16.5. The van der Waals surface area contributed by atoms with Crippen LogP contribution in [0.3, 0.4) is 0 Å². The maximum Gasteiger partial charge on any atom is 0.232 e. The summed E-state index contributed by atoms with van der Waals surface area (Å²) < 4.78 is 26.6. The molecule has 110 valence electrons. The Hall–Kier alpha value is -1.51. The molecule has 0 heterocycles. The summed E-state index contributed by atoms with van der Waals surface area (Å²) in [6, 6.07) is 7.00. The topological polar surface area (TPSA) is 72.2 Å². The quantitative estimate of drug-likeness (QED) is 0.836. The first-order valence-corrected chi connectivity index (χ1v) is 8.17. The van der Waals surface area contributed by atoms with E-state index in [9.17, 15) is 8.42 Å². The molecule has 0 aliphatic heterocycles. The van der Waals surface area contributed by atoms with E-state index in [-0.39, 0.29) is 17.7 Å². The normalized spacial score (nSPS) is 11.6. The van der Waals surface area contributed by atoms with Gasteiger partial charge in [-0.3, -0.25) is 4.72 Å². The fourth-order valence-electron chi connectivity index (χ4n) is 1.48. The van der Waals surface area contributed by atoms with Crippen LogP contribution >= 0.6 is 0 Å². The molecule has 0 bridgehead atoms. The largest absolute Gasteiger partial charge is 0.320 e. The van der Waals surface area contributed by atoms with Crippen molar-refractivity contribution in [3.63, 3.8) is 0 Å². The summed E-state index contributed by atoms with van der Waals surface area (Å²) in [6.07, 6.45) is 0.606. The van der Waals surface area contributed by atoms with Crippen molar-refractivity contribution >= 4 is 15.7 Å². The maximum absolute atomic E-state index is 12.0. The predicted molar refractivity (Wildman–Crippen MR) is 83.9 cm³/mol. The van der Waals surface area contributed by atoms with Gasteiger partial charge in [0.05, 0.1) is 12.3 Å². The minimum absolute atomic E-state index is 0.0107. The number of nitrogens with one attached hydrogen (secondary N) is 1. The second kappa shape index (κ2) is 6.78. The summed E-state index contributed by atoms with van der Waals surface area (Å²) in [5, 5.41) is 0. The maximum atomic E-state index is 12.0. The van der Waals surface area contributed by atoms with E-state index in [4.69, 9.17) is 5.73 Å². The van der Waals surface area contributed by atoms with Crippen LogP contribution in [-0.2, 0) is 10.0 Å². The molecule has 0 aliphatic carbocycles. The average molecular weight is 294 g/mol. The Labute approximate surface area is 121 Å². The fourth-order valence-corrected chi connectivity index (χ4v) is 2.95. The smallest absolute Gasteiger partial charge is 0.232 e. The van der Waals surface area contributed by atoms with Gasteiger partial charge in [0, 0.05) is 11.3 Å². The summed E-state index contributed by atoms with van der Waals surface area (Å²) in [4.78, 5) is 0. The van der Waals surface area contributed by atoms with Crippen molar-refractivity contribution < 1.29 is 8.42 Å². The SMILES string of the molecule is CC(C)(C)CCS(=O)(=O)Nc1cccc(C#CCN)c1. The summed E-state index contributed by atoms with van der Waals surface area (Å²) in [7, 11) is -3.33. The minimum atomic E-state index is -3.33. The Morgan fingerprint density at radius 1 is 1.30 bits per heavy atom. The molecule has 4 nitrogen and oxygen atoms in total. The lowest BCUT2D eigenvalue weighted by atomic mass is 9.94. The van der Waals surface area contributed by atoms with Crippen LogP contribution < -0.4 is 10.5 Å². The van der Waals surface area contributed by atoms with Gasteiger partial charge in [0.2, 0.25) is 10.0 Å². The Kier molecular flexibility index (Phi) is 5.61. The zero-order valence-electron chi connectivity index (χ0n) is 12.2. The van der Waals surface area contributed by atoms with E-state index in [0.717, 1.165) is 5.56 Å². The number of nitrogens with two attached hydrogens (primary N) is 1. The third kappa shape index (κ3) is 6.60. The molecule has 1 aromatic carbocycles. The van der Waals surface area contributed by atoms with Crippen LogP contribution in [0.5, 0.6) is 0 Å². The molecule has 0 atom stereocenters. The van der Waals surface area contributed by atoms with Crippen LogP contribution in [0.15, 0.2) is 24.3 Å². The molecule has 0 fully saturated rings. The fraction of sp³-hybridized carbons (Fsp3) is 0.467. The number of benzene rings is 1. The zero-order valence-corrected chi connectivity index (χ0v) is 13.0. The Morgan fingerprint density at radius 3 is 2.60 bits per heavy atom. The van der Waals surface area contributed by atoms with Gasteiger partial charge in [-0.25, -0.2) is 8.42 Å². The highest BCUT2D eigenvalue weighted by Crippen LogP contribution is 2.20. The molecule has 0 saturated carbocycles. The number of sulfonamides is 1. The third-order valence-corrected chi connectivity index (χ3v) is 3.88. The van der Waals surface area contributed by atoms with Crippen molar-refractivity contribution in [1.29, 1.82) is 0 Å². The van der Waals surface area contributed by atoms with Crippen LogP contribution in [-0.4, -0.2) is 20.7 Å². The van der Waals surface area contributed by atoms with Gasteiger partial charge in [0.25, 0.3) is 0 Å². The molecule has 20 heavy (non-hydrogen) atoms. The lowest BCUT2D eigenvalue weighted by Crippen LogP contribution is -2.20. The van der Waals surface area contributed by atoms with Gasteiger partial charge in [-0.2, -0.15) is 0 Å². The second-order valence-electron chi connectivity index (χ2n) is 5.82. The number of hydrogen-bond acceptors (Lipinski definition) is 3. The van der Waals surface area contributed by atoms with Crippen LogP contribution in [0.25, 0.3) is 0 Å². The highest BCUT2D eigenvalue weighted by molar-refractivity contribution is 7.92. The highest BCUT2D eigenvalue weighted by Gasteiger charge is 2.17. The minimum Gasteiger partial charge on any atom is -0.320 e. The van der Waals surface area contributed by atoms with E-state index < -0.39 is 10.0 Å². The first-order valence-electron chi connectivity index (χ1n) is 6.51. The second-order valence-corrected chi connectivity index (χ2v) is 7.66. The average Bonchev–Trinajstić information content (AvgIpc) is 2.33. The van der Waals surface area contributed by atoms with Gasteiger partial charge in [0.15, 0.2) is 0 Å². The highest BCUT2D eigenvalue weighted by atomic mass is 32.2. The van der Waals surface area contributed by atoms with E-state index in [1.165, 1.54) is 0 Å². The van der Waals surface area contributed by atoms with E-state index in [1.54, 1.807) is 18.2 Å². The molecule has 1 aromatic rings. The van der Waals surface area contributed by atoms with Crippen molar-refractivity contribution in [2.75, 3.05) is 17.0 Å². The molecule has 0 aliphatic rings. The van der Waals surface area contributed by atoms with Gasteiger partial charge in [-0.15, -0.1) is 0 Å². The molecular weight excluding hydrogens is 272 g/mol. The summed E-state index contributed by atoms with van der Waals surface area (Å²) in [5.41, 5.74) is 6.57. The number of hydrogen-bond donors (Lipinski definition) is 2. The van der Waals surface area contributed by atoms with Crippen molar-refractivity contribution in [3.8, 4) is 11.8 Å². The molecule has 0 saturated heterocycles. The summed E-state index contributed by atoms with van der Waals surface area (Å²) >= 11 is 0. The number of rotatable bonds is 4. The van der Waals surface area contributed by atoms with E-state index in [1.807, 2.05) is 26.8 Å². The van der Waals surface area contributed by atoms with Crippen molar-refractivity contribution in [3.05, 3.63) is 29.8 Å². The van der Waals surface area contributed by atoms with Crippen LogP contribution in [0.4, 0.5) is 5.69 Å². The van der Waals surface area contributed by atoms with Gasteiger partial charge >= 0.3 is 0 Å². The number of anilines is 1.